The van der Waals surface area contributed by atoms with E-state index in [1.54, 1.807) is 6.07 Å². The number of hydrogen-bond acceptors (Lipinski definition) is 3. The fourth-order valence-corrected chi connectivity index (χ4v) is 2.76. The highest BCUT2D eigenvalue weighted by Crippen LogP contribution is 2.35. The molecule has 0 bridgehead atoms. The molecule has 104 valence electrons. The first-order chi connectivity index (χ1) is 9.51. The quantitative estimate of drug-likeness (QED) is 0.811. The summed E-state index contributed by atoms with van der Waals surface area (Å²) >= 11 is 1.32. The van der Waals surface area contributed by atoms with Crippen LogP contribution in [0.2, 0.25) is 0 Å². The molecule has 0 radical (unpaired) electrons. The maximum absolute atomic E-state index is 11.4. The van der Waals surface area contributed by atoms with Crippen LogP contribution in [-0.4, -0.2) is 19.0 Å². The lowest BCUT2D eigenvalue weighted by atomic mass is 10.1. The van der Waals surface area contributed by atoms with Crippen LogP contribution in [0.5, 0.6) is 0 Å². The van der Waals surface area contributed by atoms with E-state index in [1.807, 2.05) is 31.2 Å². The maximum Gasteiger partial charge on any atom is 0.319 e. The molecular weight excluding hydrogens is 274 g/mol. The Morgan fingerprint density at radius 2 is 1.85 bits per heavy atom. The number of amides is 3. The van der Waals surface area contributed by atoms with Gasteiger partial charge < -0.3 is 11.1 Å². The molecule has 6 heteroatoms. The minimum absolute atomic E-state index is 0.314. The van der Waals surface area contributed by atoms with Crippen LogP contribution >= 0.6 is 11.3 Å². The van der Waals surface area contributed by atoms with E-state index in [-0.39, 0.29) is 6.03 Å². The van der Waals surface area contributed by atoms with Crippen molar-refractivity contribution in [2.75, 3.05) is 12.4 Å². The second-order valence-electron chi connectivity index (χ2n) is 4.29. The molecule has 0 aliphatic carbocycles. The number of anilines is 1. The fraction of sp³-hybridized carbons (Fsp3) is 0.143. The summed E-state index contributed by atoms with van der Waals surface area (Å²) in [5, 5.41) is 5.50. The molecule has 0 aliphatic heterocycles. The summed E-state index contributed by atoms with van der Waals surface area (Å²) in [7, 11) is 1.51. The zero-order valence-electron chi connectivity index (χ0n) is 11.2. The van der Waals surface area contributed by atoms with Crippen molar-refractivity contribution in [3.8, 4) is 10.4 Å². The number of nitrogens with two attached hydrogens (primary N) is 1. The molecule has 20 heavy (non-hydrogen) atoms. The zero-order valence-corrected chi connectivity index (χ0v) is 12.0. The van der Waals surface area contributed by atoms with Crippen molar-refractivity contribution in [1.29, 1.82) is 0 Å². The molecular formula is C14H15N3O2S. The molecule has 3 amide bonds. The highest BCUT2D eigenvalue weighted by molar-refractivity contribution is 7.20. The van der Waals surface area contributed by atoms with E-state index in [2.05, 4.69) is 10.6 Å². The summed E-state index contributed by atoms with van der Waals surface area (Å²) in [6.45, 7) is 2.01. The van der Waals surface area contributed by atoms with E-state index in [0.29, 0.717) is 10.6 Å². The molecule has 0 unspecified atom stereocenters. The number of benzene rings is 1. The number of carbonyl (C=O) groups is 2. The third kappa shape index (κ3) is 2.97. The van der Waals surface area contributed by atoms with E-state index in [0.717, 1.165) is 16.0 Å². The van der Waals surface area contributed by atoms with Crippen molar-refractivity contribution in [3.05, 3.63) is 41.5 Å². The molecule has 0 saturated heterocycles. The maximum atomic E-state index is 11.4. The monoisotopic (exact) mass is 289 g/mol. The largest absolute Gasteiger partial charge is 0.366 e. The van der Waals surface area contributed by atoms with Crippen molar-refractivity contribution < 1.29 is 9.59 Å². The fourth-order valence-electron chi connectivity index (χ4n) is 1.69. The molecule has 1 aromatic heterocycles. The van der Waals surface area contributed by atoms with Gasteiger partial charge in [0.25, 0.3) is 5.91 Å². The van der Waals surface area contributed by atoms with Gasteiger partial charge in [-0.3, -0.25) is 10.1 Å². The first kappa shape index (κ1) is 14.1. The normalized spacial score (nSPS) is 10.1. The van der Waals surface area contributed by atoms with Gasteiger partial charge >= 0.3 is 6.03 Å². The standard InChI is InChI=1S/C14H15N3O2S/c1-8-3-5-9(6-4-8)11-7-10(12(15)18)13(20-11)17-14(19)16-2/h3-7H,1-2H3,(H2,15,18)(H2,16,17,19). The topological polar surface area (TPSA) is 84.2 Å². The number of hydrogen-bond donors (Lipinski definition) is 3. The van der Waals surface area contributed by atoms with Crippen LogP contribution < -0.4 is 16.4 Å². The van der Waals surface area contributed by atoms with Crippen molar-refractivity contribution in [2.45, 2.75) is 6.92 Å². The number of rotatable bonds is 3. The number of carbonyl (C=O) groups excluding carboxylic acids is 2. The summed E-state index contributed by atoms with van der Waals surface area (Å²) in [4.78, 5) is 23.7. The minimum atomic E-state index is -0.564. The molecule has 2 rings (SSSR count). The van der Waals surface area contributed by atoms with Crippen LogP contribution in [0.1, 0.15) is 15.9 Å². The Morgan fingerprint density at radius 3 is 2.40 bits per heavy atom. The van der Waals surface area contributed by atoms with E-state index in [1.165, 1.54) is 18.4 Å². The molecule has 2 aromatic rings. The van der Waals surface area contributed by atoms with Crippen LogP contribution in [-0.2, 0) is 0 Å². The second-order valence-corrected chi connectivity index (χ2v) is 5.34. The summed E-state index contributed by atoms with van der Waals surface area (Å²) < 4.78 is 0. The number of aryl methyl sites for hydroxylation is 1. The van der Waals surface area contributed by atoms with Crippen LogP contribution in [0.3, 0.4) is 0 Å². The van der Waals surface area contributed by atoms with Crippen molar-refractivity contribution in [2.24, 2.45) is 5.73 Å². The van der Waals surface area contributed by atoms with E-state index in [4.69, 9.17) is 5.73 Å². The van der Waals surface area contributed by atoms with Gasteiger partial charge in [0.2, 0.25) is 0 Å². The van der Waals surface area contributed by atoms with Gasteiger partial charge in [0.05, 0.1) is 5.56 Å². The predicted molar refractivity (Wildman–Crippen MR) is 81.1 cm³/mol. The molecule has 1 aromatic carbocycles. The number of nitrogens with one attached hydrogen (secondary N) is 2. The number of primary amides is 1. The first-order valence-corrected chi connectivity index (χ1v) is 6.82. The average molecular weight is 289 g/mol. The molecule has 0 aliphatic rings. The average Bonchev–Trinajstić information content (AvgIpc) is 2.83. The molecule has 0 fully saturated rings. The number of urea groups is 1. The smallest absolute Gasteiger partial charge is 0.319 e. The molecule has 5 nitrogen and oxygen atoms in total. The molecule has 0 saturated carbocycles. The van der Waals surface area contributed by atoms with Gasteiger partial charge in [-0.15, -0.1) is 11.3 Å². The first-order valence-electron chi connectivity index (χ1n) is 6.00. The molecule has 0 atom stereocenters. The minimum Gasteiger partial charge on any atom is -0.366 e. The third-order valence-corrected chi connectivity index (χ3v) is 3.89. The second kappa shape index (κ2) is 5.75. The Morgan fingerprint density at radius 1 is 1.20 bits per heavy atom. The molecule has 1 heterocycles. The lowest BCUT2D eigenvalue weighted by Gasteiger charge is -2.02. The van der Waals surface area contributed by atoms with Gasteiger partial charge in [0.15, 0.2) is 0 Å². The Balaban J connectivity index is 2.40. The van der Waals surface area contributed by atoms with Gasteiger partial charge in [-0.25, -0.2) is 4.79 Å². The van der Waals surface area contributed by atoms with E-state index < -0.39 is 5.91 Å². The molecule has 4 N–H and O–H groups in total. The highest BCUT2D eigenvalue weighted by atomic mass is 32.1. The van der Waals surface area contributed by atoms with Crippen LogP contribution in [0.4, 0.5) is 9.80 Å². The Bertz CT molecular complexity index is 647. The van der Waals surface area contributed by atoms with Gasteiger partial charge in [0, 0.05) is 11.9 Å². The van der Waals surface area contributed by atoms with Crippen LogP contribution in [0.15, 0.2) is 30.3 Å². The highest BCUT2D eigenvalue weighted by Gasteiger charge is 2.16. The lowest BCUT2D eigenvalue weighted by Crippen LogP contribution is -2.25. The predicted octanol–water partition coefficient (Wildman–Crippen LogP) is 2.57. The lowest BCUT2D eigenvalue weighted by molar-refractivity contribution is 0.100. The summed E-state index contributed by atoms with van der Waals surface area (Å²) in [5.74, 6) is -0.564. The van der Waals surface area contributed by atoms with Gasteiger partial charge in [-0.2, -0.15) is 0 Å². The van der Waals surface area contributed by atoms with Gasteiger partial charge in [-0.05, 0) is 18.6 Å². The van der Waals surface area contributed by atoms with E-state index >= 15 is 0 Å². The Kier molecular flexibility index (Phi) is 4.05. The summed E-state index contributed by atoms with van der Waals surface area (Å²) in [6.07, 6.45) is 0. The van der Waals surface area contributed by atoms with Crippen LogP contribution in [0.25, 0.3) is 10.4 Å². The SMILES string of the molecule is CNC(=O)Nc1sc(-c2ccc(C)cc2)cc1C(N)=O. The summed E-state index contributed by atoms with van der Waals surface area (Å²) in [5.41, 5.74) is 7.79. The summed E-state index contributed by atoms with van der Waals surface area (Å²) in [6, 6.07) is 9.23. The zero-order chi connectivity index (χ0) is 14.7. The van der Waals surface area contributed by atoms with Crippen LogP contribution in [0, 0.1) is 6.92 Å². The van der Waals surface area contributed by atoms with Crippen molar-refractivity contribution in [1.82, 2.24) is 5.32 Å². The molecule has 0 spiro atoms. The Labute approximate surface area is 120 Å². The number of thiophene rings is 1. The van der Waals surface area contributed by atoms with Gasteiger partial charge in [-0.1, -0.05) is 29.8 Å². The van der Waals surface area contributed by atoms with Crippen molar-refractivity contribution >= 4 is 28.3 Å². The van der Waals surface area contributed by atoms with E-state index in [9.17, 15) is 9.59 Å². The third-order valence-electron chi connectivity index (χ3n) is 2.79. The van der Waals surface area contributed by atoms with Gasteiger partial charge in [0.1, 0.15) is 5.00 Å². The Hall–Kier alpha value is -2.34. The van der Waals surface area contributed by atoms with Crippen molar-refractivity contribution in [3.63, 3.8) is 0 Å².